The first kappa shape index (κ1) is 23.2. The molecule has 0 saturated carbocycles. The maximum absolute atomic E-state index is 13.4. The van der Waals surface area contributed by atoms with Gasteiger partial charge < -0.3 is 24.3 Å². The van der Waals surface area contributed by atoms with Gasteiger partial charge in [0.2, 0.25) is 11.0 Å². The minimum Gasteiger partial charge on any atom is -0.467 e. The molecule has 0 saturated heterocycles. The van der Waals surface area contributed by atoms with Crippen molar-refractivity contribution in [1.29, 1.82) is 0 Å². The molecule has 1 aliphatic heterocycles. The lowest BCUT2D eigenvalue weighted by molar-refractivity contribution is -0.124. The summed E-state index contributed by atoms with van der Waals surface area (Å²) in [5.74, 6) is 1.62. The van der Waals surface area contributed by atoms with E-state index in [1.165, 1.54) is 11.3 Å². The molecular weight excluding hydrogens is 442 g/mol. The van der Waals surface area contributed by atoms with Crippen LogP contribution in [-0.2, 0) is 14.3 Å². The zero-order valence-electron chi connectivity index (χ0n) is 19.1. The standard InChI is InChI=1S/C24H27N3O5S/c1-15-26-27-23(33-15)25-22(28)24(2,3)21-17-7-5-6-8-19(17)32-20-13-16(9-10-18(20)21)31-14-30-12-11-29-4/h5-10,13,21H,11-12,14H2,1-4H3,(H,25,27,28). The van der Waals surface area contributed by atoms with Crippen LogP contribution in [0.25, 0.3) is 0 Å². The number of carbonyl (C=O) groups excluding carboxylic acids is 1. The lowest BCUT2D eigenvalue weighted by Crippen LogP contribution is -2.38. The number of methoxy groups -OCH3 is 1. The van der Waals surface area contributed by atoms with Crippen molar-refractivity contribution in [2.75, 3.05) is 32.4 Å². The Kier molecular flexibility index (Phi) is 6.92. The largest absolute Gasteiger partial charge is 0.467 e. The van der Waals surface area contributed by atoms with Crippen molar-refractivity contribution in [2.45, 2.75) is 26.7 Å². The molecule has 0 fully saturated rings. The fraction of sp³-hybridized carbons (Fsp3) is 0.375. The number of hydrogen-bond donors (Lipinski definition) is 1. The highest BCUT2D eigenvalue weighted by Gasteiger charge is 2.43. The van der Waals surface area contributed by atoms with Crippen LogP contribution in [0.1, 0.15) is 35.9 Å². The molecule has 1 N–H and O–H groups in total. The monoisotopic (exact) mass is 469 g/mol. The van der Waals surface area contributed by atoms with Gasteiger partial charge in [-0.05, 0) is 19.1 Å². The van der Waals surface area contributed by atoms with Crippen LogP contribution in [0.5, 0.6) is 17.2 Å². The molecule has 9 heteroatoms. The minimum atomic E-state index is -0.806. The summed E-state index contributed by atoms with van der Waals surface area (Å²) < 4.78 is 22.3. The maximum atomic E-state index is 13.4. The summed E-state index contributed by atoms with van der Waals surface area (Å²) in [7, 11) is 1.62. The number of nitrogens with one attached hydrogen (secondary N) is 1. The first-order valence-corrected chi connectivity index (χ1v) is 11.4. The van der Waals surface area contributed by atoms with Gasteiger partial charge in [0.1, 0.15) is 22.3 Å². The van der Waals surface area contributed by atoms with Gasteiger partial charge in [-0.25, -0.2) is 0 Å². The molecule has 174 valence electrons. The van der Waals surface area contributed by atoms with Crippen LogP contribution in [0.15, 0.2) is 42.5 Å². The van der Waals surface area contributed by atoms with E-state index < -0.39 is 5.41 Å². The Hall–Kier alpha value is -3.01. The van der Waals surface area contributed by atoms with Gasteiger partial charge in [0, 0.05) is 30.2 Å². The fourth-order valence-corrected chi connectivity index (χ4v) is 4.44. The quantitative estimate of drug-likeness (QED) is 0.357. The van der Waals surface area contributed by atoms with Crippen molar-refractivity contribution in [2.24, 2.45) is 5.41 Å². The minimum absolute atomic E-state index is 0.108. The van der Waals surface area contributed by atoms with Crippen LogP contribution in [0, 0.1) is 12.3 Å². The first-order chi connectivity index (χ1) is 15.9. The highest BCUT2D eigenvalue weighted by atomic mass is 32.1. The summed E-state index contributed by atoms with van der Waals surface area (Å²) in [6.07, 6.45) is 0. The Morgan fingerprint density at radius 1 is 1.12 bits per heavy atom. The van der Waals surface area contributed by atoms with Gasteiger partial charge in [-0.15, -0.1) is 10.2 Å². The van der Waals surface area contributed by atoms with E-state index in [9.17, 15) is 4.79 Å². The SMILES string of the molecule is COCCOCOc1ccc2c(c1)Oc1ccccc1C2C(C)(C)C(=O)Nc1nnc(C)s1. The van der Waals surface area contributed by atoms with E-state index in [1.54, 1.807) is 7.11 Å². The van der Waals surface area contributed by atoms with E-state index >= 15 is 0 Å². The second-order valence-corrected chi connectivity index (χ2v) is 9.42. The molecule has 0 bridgehead atoms. The number of rotatable bonds is 9. The van der Waals surface area contributed by atoms with Crippen LogP contribution in [0.3, 0.4) is 0 Å². The Balaban J connectivity index is 1.62. The third-order valence-corrected chi connectivity index (χ3v) is 6.29. The number of aromatic nitrogens is 2. The highest BCUT2D eigenvalue weighted by molar-refractivity contribution is 7.15. The summed E-state index contributed by atoms with van der Waals surface area (Å²) in [4.78, 5) is 13.4. The Bertz CT molecular complexity index is 1130. The average molecular weight is 470 g/mol. The maximum Gasteiger partial charge on any atom is 0.232 e. The first-order valence-electron chi connectivity index (χ1n) is 10.6. The second-order valence-electron chi connectivity index (χ2n) is 8.24. The predicted molar refractivity (Wildman–Crippen MR) is 125 cm³/mol. The number of benzene rings is 2. The van der Waals surface area contributed by atoms with Crippen LogP contribution < -0.4 is 14.8 Å². The van der Waals surface area contributed by atoms with Crippen molar-refractivity contribution < 1.29 is 23.7 Å². The molecule has 1 amide bonds. The summed E-state index contributed by atoms with van der Waals surface area (Å²) in [6, 6.07) is 13.4. The Labute approximate surface area is 196 Å². The van der Waals surface area contributed by atoms with Crippen LogP contribution in [0.2, 0.25) is 0 Å². The van der Waals surface area contributed by atoms with E-state index in [-0.39, 0.29) is 18.6 Å². The third-order valence-electron chi connectivity index (χ3n) is 5.54. The van der Waals surface area contributed by atoms with Crippen LogP contribution in [0.4, 0.5) is 5.13 Å². The van der Waals surface area contributed by atoms with Gasteiger partial charge in [-0.3, -0.25) is 4.79 Å². The summed E-state index contributed by atoms with van der Waals surface area (Å²) in [6.45, 7) is 6.78. The third kappa shape index (κ3) is 5.00. The number of carbonyl (C=O) groups is 1. The molecule has 33 heavy (non-hydrogen) atoms. The molecule has 1 atom stereocenters. The highest BCUT2D eigenvalue weighted by Crippen LogP contribution is 2.52. The number of aryl methyl sites for hydroxylation is 1. The number of ether oxygens (including phenoxy) is 4. The van der Waals surface area contributed by atoms with Gasteiger partial charge in [0.05, 0.1) is 18.6 Å². The number of amides is 1. The Morgan fingerprint density at radius 2 is 1.91 bits per heavy atom. The lowest BCUT2D eigenvalue weighted by atomic mass is 9.69. The van der Waals surface area contributed by atoms with Crippen molar-refractivity contribution in [3.63, 3.8) is 0 Å². The van der Waals surface area contributed by atoms with E-state index in [0.29, 0.717) is 29.8 Å². The van der Waals surface area contributed by atoms with E-state index in [4.69, 9.17) is 18.9 Å². The molecule has 2 aromatic carbocycles. The number of nitrogens with zero attached hydrogens (tertiary/aromatic N) is 2. The number of para-hydroxylation sites is 1. The zero-order valence-corrected chi connectivity index (χ0v) is 19.9. The van der Waals surface area contributed by atoms with Crippen molar-refractivity contribution in [1.82, 2.24) is 10.2 Å². The van der Waals surface area contributed by atoms with E-state index in [1.807, 2.05) is 63.2 Å². The van der Waals surface area contributed by atoms with Gasteiger partial charge >= 0.3 is 0 Å². The predicted octanol–water partition coefficient (Wildman–Crippen LogP) is 4.75. The van der Waals surface area contributed by atoms with Gasteiger partial charge in [0.15, 0.2) is 6.79 Å². The number of anilines is 1. The number of hydrogen-bond acceptors (Lipinski definition) is 8. The molecule has 1 aromatic heterocycles. The molecule has 3 aromatic rings. The summed E-state index contributed by atoms with van der Waals surface area (Å²) in [5, 5.41) is 12.2. The normalized spacial score (nSPS) is 14.7. The zero-order chi connectivity index (χ0) is 23.4. The molecule has 8 nitrogen and oxygen atoms in total. The van der Waals surface area contributed by atoms with Gasteiger partial charge in [0.25, 0.3) is 0 Å². The molecule has 4 rings (SSSR count). The molecule has 1 aliphatic rings. The lowest BCUT2D eigenvalue weighted by Gasteiger charge is -2.38. The molecule has 0 spiro atoms. The average Bonchev–Trinajstić information content (AvgIpc) is 3.21. The molecular formula is C24H27N3O5S. The van der Waals surface area contributed by atoms with E-state index in [2.05, 4.69) is 15.5 Å². The molecule has 2 heterocycles. The molecule has 0 aliphatic carbocycles. The van der Waals surface area contributed by atoms with Crippen molar-refractivity contribution >= 4 is 22.4 Å². The topological polar surface area (TPSA) is 91.8 Å². The van der Waals surface area contributed by atoms with Crippen LogP contribution in [-0.4, -0.2) is 43.2 Å². The summed E-state index contributed by atoms with van der Waals surface area (Å²) >= 11 is 1.35. The summed E-state index contributed by atoms with van der Waals surface area (Å²) in [5.41, 5.74) is 1.06. The molecule has 0 radical (unpaired) electrons. The van der Waals surface area contributed by atoms with Gasteiger partial charge in [-0.2, -0.15) is 0 Å². The fourth-order valence-electron chi connectivity index (χ4n) is 3.85. The van der Waals surface area contributed by atoms with Crippen molar-refractivity contribution in [3.05, 3.63) is 58.6 Å². The second kappa shape index (κ2) is 9.86. The molecule has 1 unspecified atom stereocenters. The van der Waals surface area contributed by atoms with Gasteiger partial charge in [-0.1, -0.05) is 49.4 Å². The smallest absolute Gasteiger partial charge is 0.232 e. The van der Waals surface area contributed by atoms with E-state index in [0.717, 1.165) is 21.9 Å². The number of fused-ring (bicyclic) bond motifs is 2. The van der Waals surface area contributed by atoms with Crippen LogP contribution >= 0.6 is 11.3 Å². The Morgan fingerprint density at radius 3 is 2.67 bits per heavy atom. The van der Waals surface area contributed by atoms with Crippen molar-refractivity contribution in [3.8, 4) is 17.2 Å².